The molecule has 0 saturated carbocycles. The lowest BCUT2D eigenvalue weighted by Crippen LogP contribution is -2.27. The number of rotatable bonds is 3. The SMILES string of the molecule is Cc1ccccc1C(C)NC(=O)c1cccc(C)c1O. The summed E-state index contributed by atoms with van der Waals surface area (Å²) in [4.78, 5) is 12.2. The van der Waals surface area contributed by atoms with E-state index < -0.39 is 0 Å². The Bertz CT molecular complexity index is 635. The van der Waals surface area contributed by atoms with E-state index >= 15 is 0 Å². The molecule has 2 aromatic carbocycles. The molecule has 3 heteroatoms. The first-order valence-corrected chi connectivity index (χ1v) is 6.65. The summed E-state index contributed by atoms with van der Waals surface area (Å²) in [5.41, 5.74) is 3.22. The molecule has 20 heavy (non-hydrogen) atoms. The maximum atomic E-state index is 12.2. The van der Waals surface area contributed by atoms with Gasteiger partial charge in [-0.2, -0.15) is 0 Å². The largest absolute Gasteiger partial charge is 0.507 e. The summed E-state index contributed by atoms with van der Waals surface area (Å²) in [5, 5.41) is 12.9. The summed E-state index contributed by atoms with van der Waals surface area (Å²) in [5.74, 6) is -0.219. The topological polar surface area (TPSA) is 49.3 Å². The number of phenols is 1. The maximum absolute atomic E-state index is 12.2. The van der Waals surface area contributed by atoms with Crippen molar-refractivity contribution in [1.82, 2.24) is 5.32 Å². The van der Waals surface area contributed by atoms with Crippen LogP contribution in [0.2, 0.25) is 0 Å². The molecule has 1 atom stereocenters. The van der Waals surface area contributed by atoms with E-state index in [1.807, 2.05) is 38.1 Å². The van der Waals surface area contributed by atoms with Crippen LogP contribution in [0.5, 0.6) is 5.75 Å². The molecule has 0 heterocycles. The van der Waals surface area contributed by atoms with E-state index in [-0.39, 0.29) is 17.7 Å². The number of aromatic hydroxyl groups is 1. The summed E-state index contributed by atoms with van der Waals surface area (Å²) < 4.78 is 0. The zero-order chi connectivity index (χ0) is 14.7. The Balaban J connectivity index is 2.20. The van der Waals surface area contributed by atoms with Crippen LogP contribution in [0.15, 0.2) is 42.5 Å². The average molecular weight is 269 g/mol. The second-order valence-corrected chi connectivity index (χ2v) is 5.02. The zero-order valence-electron chi connectivity index (χ0n) is 12.0. The van der Waals surface area contributed by atoms with Crippen LogP contribution >= 0.6 is 0 Å². The molecule has 104 valence electrons. The van der Waals surface area contributed by atoms with Gasteiger partial charge in [0.05, 0.1) is 11.6 Å². The van der Waals surface area contributed by atoms with Gasteiger partial charge < -0.3 is 10.4 Å². The highest BCUT2D eigenvalue weighted by Crippen LogP contribution is 2.23. The van der Waals surface area contributed by atoms with Crippen LogP contribution in [0.1, 0.15) is 40.0 Å². The van der Waals surface area contributed by atoms with Crippen LogP contribution in [0, 0.1) is 13.8 Å². The van der Waals surface area contributed by atoms with Gasteiger partial charge in [0.1, 0.15) is 5.75 Å². The Morgan fingerprint density at radius 3 is 2.40 bits per heavy atom. The van der Waals surface area contributed by atoms with Crippen molar-refractivity contribution in [3.8, 4) is 5.75 Å². The Hall–Kier alpha value is -2.29. The molecular weight excluding hydrogens is 250 g/mol. The predicted octanol–water partition coefficient (Wildman–Crippen LogP) is 3.50. The average Bonchev–Trinajstić information content (AvgIpc) is 2.42. The molecule has 0 radical (unpaired) electrons. The van der Waals surface area contributed by atoms with Crippen LogP contribution in [0.3, 0.4) is 0 Å². The Kier molecular flexibility index (Phi) is 4.08. The molecule has 2 N–H and O–H groups in total. The normalized spacial score (nSPS) is 11.9. The van der Waals surface area contributed by atoms with Crippen LogP contribution in [-0.4, -0.2) is 11.0 Å². The van der Waals surface area contributed by atoms with Gasteiger partial charge in [-0.3, -0.25) is 4.79 Å². The van der Waals surface area contributed by atoms with Crippen LogP contribution in [0.4, 0.5) is 0 Å². The number of phenolic OH excluding ortho intramolecular Hbond substituents is 1. The summed E-state index contributed by atoms with van der Waals surface area (Å²) in [6.07, 6.45) is 0. The van der Waals surface area contributed by atoms with E-state index in [0.29, 0.717) is 11.1 Å². The first kappa shape index (κ1) is 14.1. The van der Waals surface area contributed by atoms with Gasteiger partial charge >= 0.3 is 0 Å². The molecule has 2 rings (SSSR count). The summed E-state index contributed by atoms with van der Waals surface area (Å²) in [6.45, 7) is 5.73. The lowest BCUT2D eigenvalue weighted by molar-refractivity contribution is 0.0937. The van der Waals surface area contributed by atoms with Gasteiger partial charge in [-0.15, -0.1) is 0 Å². The molecule has 0 aliphatic heterocycles. The van der Waals surface area contributed by atoms with Crippen molar-refractivity contribution in [2.75, 3.05) is 0 Å². The van der Waals surface area contributed by atoms with Gasteiger partial charge in [0.25, 0.3) is 5.91 Å². The number of nitrogens with one attached hydrogen (secondary N) is 1. The molecule has 0 bridgehead atoms. The fraction of sp³-hybridized carbons (Fsp3) is 0.235. The van der Waals surface area contributed by atoms with Crippen molar-refractivity contribution < 1.29 is 9.90 Å². The van der Waals surface area contributed by atoms with Gasteiger partial charge in [-0.1, -0.05) is 36.4 Å². The van der Waals surface area contributed by atoms with Crippen molar-refractivity contribution in [2.24, 2.45) is 0 Å². The van der Waals surface area contributed by atoms with Gasteiger partial charge in [-0.25, -0.2) is 0 Å². The first-order valence-electron chi connectivity index (χ1n) is 6.65. The van der Waals surface area contributed by atoms with Crippen LogP contribution in [-0.2, 0) is 0 Å². The van der Waals surface area contributed by atoms with Crippen LogP contribution < -0.4 is 5.32 Å². The Morgan fingerprint density at radius 2 is 1.70 bits per heavy atom. The standard InChI is InChI=1S/C17H19NO2/c1-11-7-4-5-9-14(11)13(3)18-17(20)15-10-6-8-12(2)16(15)19/h4-10,13,19H,1-3H3,(H,18,20). The summed E-state index contributed by atoms with van der Waals surface area (Å²) in [7, 11) is 0. The highest BCUT2D eigenvalue weighted by molar-refractivity contribution is 5.97. The monoisotopic (exact) mass is 269 g/mol. The van der Waals surface area contributed by atoms with Gasteiger partial charge in [0, 0.05) is 0 Å². The van der Waals surface area contributed by atoms with Crippen LogP contribution in [0.25, 0.3) is 0 Å². The molecule has 0 fully saturated rings. The number of aryl methyl sites for hydroxylation is 2. The van der Waals surface area contributed by atoms with E-state index in [9.17, 15) is 9.90 Å². The second kappa shape index (κ2) is 5.78. The first-order chi connectivity index (χ1) is 9.50. The van der Waals surface area contributed by atoms with Gasteiger partial charge in [0.2, 0.25) is 0 Å². The van der Waals surface area contributed by atoms with E-state index in [0.717, 1.165) is 11.1 Å². The minimum absolute atomic E-state index is 0.0435. The van der Waals surface area contributed by atoms with E-state index in [1.54, 1.807) is 25.1 Å². The highest BCUT2D eigenvalue weighted by Gasteiger charge is 2.16. The third-order valence-corrected chi connectivity index (χ3v) is 3.48. The number of benzene rings is 2. The molecular formula is C17H19NO2. The molecule has 3 nitrogen and oxygen atoms in total. The van der Waals surface area contributed by atoms with E-state index in [4.69, 9.17) is 0 Å². The number of hydrogen-bond acceptors (Lipinski definition) is 2. The van der Waals surface area contributed by atoms with Crippen molar-refractivity contribution in [2.45, 2.75) is 26.8 Å². The smallest absolute Gasteiger partial charge is 0.255 e. The highest BCUT2D eigenvalue weighted by atomic mass is 16.3. The minimum atomic E-state index is -0.262. The third-order valence-electron chi connectivity index (χ3n) is 3.48. The number of carbonyl (C=O) groups excluding carboxylic acids is 1. The fourth-order valence-corrected chi connectivity index (χ4v) is 2.27. The molecule has 2 aromatic rings. The number of amides is 1. The summed E-state index contributed by atoms with van der Waals surface area (Å²) in [6, 6.07) is 13.0. The number of carbonyl (C=O) groups is 1. The lowest BCUT2D eigenvalue weighted by atomic mass is 10.0. The molecule has 1 unspecified atom stereocenters. The molecule has 0 spiro atoms. The second-order valence-electron chi connectivity index (χ2n) is 5.02. The fourth-order valence-electron chi connectivity index (χ4n) is 2.27. The van der Waals surface area contributed by atoms with Crippen molar-refractivity contribution in [3.05, 3.63) is 64.7 Å². The molecule has 0 saturated heterocycles. The van der Waals surface area contributed by atoms with Crippen molar-refractivity contribution >= 4 is 5.91 Å². The Labute approximate surface area is 119 Å². The minimum Gasteiger partial charge on any atom is -0.507 e. The lowest BCUT2D eigenvalue weighted by Gasteiger charge is -2.17. The van der Waals surface area contributed by atoms with Crippen molar-refractivity contribution in [3.63, 3.8) is 0 Å². The molecule has 0 aliphatic rings. The summed E-state index contributed by atoms with van der Waals surface area (Å²) >= 11 is 0. The van der Waals surface area contributed by atoms with E-state index in [2.05, 4.69) is 5.32 Å². The van der Waals surface area contributed by atoms with Crippen molar-refractivity contribution in [1.29, 1.82) is 0 Å². The van der Waals surface area contributed by atoms with Gasteiger partial charge in [0.15, 0.2) is 0 Å². The molecule has 0 aliphatic carbocycles. The zero-order valence-corrected chi connectivity index (χ0v) is 12.0. The van der Waals surface area contributed by atoms with E-state index in [1.165, 1.54) is 0 Å². The third kappa shape index (κ3) is 2.82. The Morgan fingerprint density at radius 1 is 1.05 bits per heavy atom. The predicted molar refractivity (Wildman–Crippen MR) is 79.9 cm³/mol. The molecule has 0 aromatic heterocycles. The van der Waals surface area contributed by atoms with Gasteiger partial charge in [-0.05, 0) is 43.5 Å². The number of hydrogen-bond donors (Lipinski definition) is 2. The number of para-hydroxylation sites is 1. The molecule has 1 amide bonds. The quantitative estimate of drug-likeness (QED) is 0.896. The maximum Gasteiger partial charge on any atom is 0.255 e.